The minimum Gasteiger partial charge on any atom is -0.465 e. The number of rotatable bonds is 5. The molecule has 1 aromatic carbocycles. The Labute approximate surface area is 159 Å². The van der Waals surface area contributed by atoms with Crippen LogP contribution in [0.1, 0.15) is 37.6 Å². The van der Waals surface area contributed by atoms with E-state index in [-0.39, 0.29) is 0 Å². The Balaban J connectivity index is 1.64. The number of ether oxygens (including phenoxy) is 2. The Kier molecular flexibility index (Phi) is 5.58. The van der Waals surface area contributed by atoms with Crippen LogP contribution in [-0.4, -0.2) is 31.6 Å². The quantitative estimate of drug-likeness (QED) is 0.786. The number of halogens is 1. The molecule has 1 aliphatic carbocycles. The Hall–Kier alpha value is -2.38. The van der Waals surface area contributed by atoms with Gasteiger partial charge in [-0.05, 0) is 49.1 Å². The van der Waals surface area contributed by atoms with Crippen LogP contribution in [0.4, 0.5) is 5.00 Å². The van der Waals surface area contributed by atoms with Crippen LogP contribution < -0.4 is 5.32 Å². The van der Waals surface area contributed by atoms with E-state index in [9.17, 15) is 14.4 Å². The normalized spacial score (nSPS) is 12.4. The minimum atomic E-state index is -0.626. The molecule has 0 bridgehead atoms. The summed E-state index contributed by atoms with van der Waals surface area (Å²) in [6, 6.07) is 6.16. The van der Waals surface area contributed by atoms with Gasteiger partial charge in [-0.3, -0.25) is 4.79 Å². The summed E-state index contributed by atoms with van der Waals surface area (Å²) in [4.78, 5) is 37.2. The van der Waals surface area contributed by atoms with Gasteiger partial charge in [-0.25, -0.2) is 9.59 Å². The van der Waals surface area contributed by atoms with Gasteiger partial charge in [-0.2, -0.15) is 0 Å². The summed E-state index contributed by atoms with van der Waals surface area (Å²) in [5, 5.41) is 3.59. The number of fused-ring (bicyclic) bond motifs is 1. The fraction of sp³-hybridized carbons (Fsp3) is 0.278. The number of carbonyl (C=O) groups is 3. The summed E-state index contributed by atoms with van der Waals surface area (Å²) < 4.78 is 9.83. The van der Waals surface area contributed by atoms with Gasteiger partial charge in [0.2, 0.25) is 0 Å². The van der Waals surface area contributed by atoms with E-state index in [1.807, 2.05) is 0 Å². The van der Waals surface area contributed by atoms with Crippen LogP contribution in [-0.2, 0) is 27.1 Å². The number of carbonyl (C=O) groups excluding carboxylic acids is 3. The van der Waals surface area contributed by atoms with Gasteiger partial charge in [0.05, 0.1) is 18.2 Å². The van der Waals surface area contributed by atoms with Crippen molar-refractivity contribution in [1.29, 1.82) is 0 Å². The first-order valence-electron chi connectivity index (χ1n) is 7.95. The number of methoxy groups -OCH3 is 1. The highest BCUT2D eigenvalue weighted by atomic mass is 35.5. The zero-order valence-electron chi connectivity index (χ0n) is 14.0. The summed E-state index contributed by atoms with van der Waals surface area (Å²) in [6.45, 7) is -0.454. The molecule has 1 heterocycles. The Morgan fingerprint density at radius 2 is 1.88 bits per heavy atom. The van der Waals surface area contributed by atoms with Gasteiger partial charge >= 0.3 is 11.9 Å². The molecule has 136 valence electrons. The predicted molar refractivity (Wildman–Crippen MR) is 98.0 cm³/mol. The largest absolute Gasteiger partial charge is 0.465 e. The maximum atomic E-state index is 12.1. The molecule has 1 N–H and O–H groups in total. The van der Waals surface area contributed by atoms with E-state index < -0.39 is 24.5 Å². The molecule has 1 amide bonds. The summed E-state index contributed by atoms with van der Waals surface area (Å²) in [7, 11) is 1.31. The van der Waals surface area contributed by atoms with Crippen molar-refractivity contribution >= 4 is 45.8 Å². The number of anilines is 1. The van der Waals surface area contributed by atoms with Crippen LogP contribution >= 0.6 is 22.9 Å². The molecule has 6 nitrogen and oxygen atoms in total. The van der Waals surface area contributed by atoms with Crippen LogP contribution in [0, 0.1) is 0 Å². The summed E-state index contributed by atoms with van der Waals surface area (Å²) in [5.74, 6) is -1.62. The second-order valence-corrected chi connectivity index (χ2v) is 7.23. The lowest BCUT2D eigenvalue weighted by molar-refractivity contribution is -0.119. The highest BCUT2D eigenvalue weighted by Crippen LogP contribution is 2.39. The van der Waals surface area contributed by atoms with Crippen molar-refractivity contribution in [3.63, 3.8) is 0 Å². The number of hydrogen-bond acceptors (Lipinski definition) is 6. The van der Waals surface area contributed by atoms with Crippen LogP contribution in [0.3, 0.4) is 0 Å². The number of esters is 2. The Bertz CT molecular complexity index is 859. The van der Waals surface area contributed by atoms with Crippen molar-refractivity contribution in [3.8, 4) is 0 Å². The second kappa shape index (κ2) is 7.88. The van der Waals surface area contributed by atoms with Gasteiger partial charge in [0.1, 0.15) is 5.00 Å². The predicted octanol–water partition coefficient (Wildman–Crippen LogP) is 3.47. The van der Waals surface area contributed by atoms with Crippen molar-refractivity contribution in [1.82, 2.24) is 0 Å². The maximum absolute atomic E-state index is 12.1. The van der Waals surface area contributed by atoms with Gasteiger partial charge in [0.25, 0.3) is 5.91 Å². The summed E-state index contributed by atoms with van der Waals surface area (Å²) >= 11 is 7.13. The molecule has 0 radical (unpaired) electrons. The highest BCUT2D eigenvalue weighted by molar-refractivity contribution is 7.17. The van der Waals surface area contributed by atoms with Crippen molar-refractivity contribution in [3.05, 3.63) is 50.9 Å². The van der Waals surface area contributed by atoms with Crippen LogP contribution in [0.2, 0.25) is 5.02 Å². The molecule has 0 spiro atoms. The standard InChI is InChI=1S/C18H16ClNO5S/c1-24-18(23)15-12-3-2-4-13(12)26-16(15)20-14(21)9-25-17(22)10-5-7-11(19)8-6-10/h5-8H,2-4,9H2,1H3,(H,20,21). The number of hydrogen-bond donors (Lipinski definition) is 1. The van der Waals surface area contributed by atoms with Crippen molar-refractivity contribution in [2.45, 2.75) is 19.3 Å². The fourth-order valence-corrected chi connectivity index (χ4v) is 4.19. The molecule has 2 aromatic rings. The van der Waals surface area contributed by atoms with E-state index in [0.29, 0.717) is 21.2 Å². The zero-order chi connectivity index (χ0) is 18.7. The average Bonchev–Trinajstić information content (AvgIpc) is 3.20. The third kappa shape index (κ3) is 3.89. The van der Waals surface area contributed by atoms with Crippen LogP contribution in [0.5, 0.6) is 0 Å². The van der Waals surface area contributed by atoms with Crippen molar-refractivity contribution < 1.29 is 23.9 Å². The number of nitrogens with one attached hydrogen (secondary N) is 1. The Morgan fingerprint density at radius 1 is 1.15 bits per heavy atom. The molecule has 0 saturated heterocycles. The third-order valence-corrected chi connectivity index (χ3v) is 5.44. The molecule has 0 unspecified atom stereocenters. The van der Waals surface area contributed by atoms with Gasteiger partial charge in [-0.1, -0.05) is 11.6 Å². The Morgan fingerprint density at radius 3 is 2.58 bits per heavy atom. The van der Waals surface area contributed by atoms with E-state index in [0.717, 1.165) is 29.7 Å². The van der Waals surface area contributed by atoms with Crippen molar-refractivity contribution in [2.24, 2.45) is 0 Å². The van der Waals surface area contributed by atoms with E-state index in [1.165, 1.54) is 30.6 Å². The first kappa shape index (κ1) is 18.4. The molecule has 0 atom stereocenters. The number of benzene rings is 1. The van der Waals surface area contributed by atoms with E-state index in [1.54, 1.807) is 12.1 Å². The molecular weight excluding hydrogens is 378 g/mol. The topological polar surface area (TPSA) is 81.7 Å². The lowest BCUT2D eigenvalue weighted by atomic mass is 10.1. The van der Waals surface area contributed by atoms with Gasteiger partial charge < -0.3 is 14.8 Å². The van der Waals surface area contributed by atoms with Gasteiger partial charge in [0.15, 0.2) is 6.61 Å². The highest BCUT2D eigenvalue weighted by Gasteiger charge is 2.28. The number of aryl methyl sites for hydroxylation is 1. The minimum absolute atomic E-state index is 0.299. The SMILES string of the molecule is COC(=O)c1c(NC(=O)COC(=O)c2ccc(Cl)cc2)sc2c1CCC2. The molecule has 8 heteroatoms. The number of thiophene rings is 1. The van der Waals surface area contributed by atoms with Crippen LogP contribution in [0.25, 0.3) is 0 Å². The van der Waals surface area contributed by atoms with E-state index in [2.05, 4.69) is 5.32 Å². The van der Waals surface area contributed by atoms with Gasteiger partial charge in [-0.15, -0.1) is 11.3 Å². The van der Waals surface area contributed by atoms with Crippen LogP contribution in [0.15, 0.2) is 24.3 Å². The molecule has 0 aliphatic heterocycles. The molecule has 1 aromatic heterocycles. The molecule has 3 rings (SSSR count). The lowest BCUT2D eigenvalue weighted by Gasteiger charge is -2.08. The molecule has 1 aliphatic rings. The summed E-state index contributed by atoms with van der Waals surface area (Å²) in [6.07, 6.45) is 2.65. The zero-order valence-corrected chi connectivity index (χ0v) is 15.5. The van der Waals surface area contributed by atoms with Crippen molar-refractivity contribution in [2.75, 3.05) is 19.0 Å². The van der Waals surface area contributed by atoms with Gasteiger partial charge in [0, 0.05) is 9.90 Å². The number of amides is 1. The molecule has 26 heavy (non-hydrogen) atoms. The lowest BCUT2D eigenvalue weighted by Crippen LogP contribution is -2.21. The summed E-state index contributed by atoms with van der Waals surface area (Å²) in [5.41, 5.74) is 1.64. The van der Waals surface area contributed by atoms with E-state index >= 15 is 0 Å². The third-order valence-electron chi connectivity index (χ3n) is 3.98. The van der Waals surface area contributed by atoms with E-state index in [4.69, 9.17) is 21.1 Å². The molecular formula is C18H16ClNO5S. The second-order valence-electron chi connectivity index (χ2n) is 5.68. The molecule has 0 saturated carbocycles. The fourth-order valence-electron chi connectivity index (χ4n) is 2.77. The molecule has 0 fully saturated rings. The average molecular weight is 394 g/mol. The first-order chi connectivity index (χ1) is 12.5. The smallest absolute Gasteiger partial charge is 0.341 e. The maximum Gasteiger partial charge on any atom is 0.341 e. The monoisotopic (exact) mass is 393 g/mol. The first-order valence-corrected chi connectivity index (χ1v) is 9.14.